The Kier molecular flexibility index (Phi) is 16.6. The summed E-state index contributed by atoms with van der Waals surface area (Å²) in [5.74, 6) is -2.24. The topological polar surface area (TPSA) is 159 Å². The van der Waals surface area contributed by atoms with Crippen LogP contribution in [0.4, 0.5) is 5.69 Å². The van der Waals surface area contributed by atoms with E-state index < -0.39 is 33.9 Å². The van der Waals surface area contributed by atoms with Crippen LogP contribution < -0.4 is 4.90 Å². The van der Waals surface area contributed by atoms with Gasteiger partial charge in [-0.15, -0.1) is 0 Å². The molecule has 352 valence electrons. The second kappa shape index (κ2) is 21.9. The van der Waals surface area contributed by atoms with Crippen molar-refractivity contribution in [2.75, 3.05) is 51.8 Å². The number of carbonyl (C=O) groups is 4. The van der Waals surface area contributed by atoms with E-state index in [9.17, 15) is 27.6 Å². The molecule has 66 heavy (non-hydrogen) atoms. The van der Waals surface area contributed by atoms with Crippen molar-refractivity contribution in [3.63, 3.8) is 0 Å². The van der Waals surface area contributed by atoms with Gasteiger partial charge in [-0.1, -0.05) is 116 Å². The third kappa shape index (κ3) is 12.1. The van der Waals surface area contributed by atoms with E-state index in [-0.39, 0.29) is 61.7 Å². The van der Waals surface area contributed by atoms with Crippen LogP contribution in [0.2, 0.25) is 0 Å². The van der Waals surface area contributed by atoms with Gasteiger partial charge in [-0.2, -0.15) is 4.31 Å². The second-order valence-electron chi connectivity index (χ2n) is 17.8. The summed E-state index contributed by atoms with van der Waals surface area (Å²) in [6.07, 6.45) is 6.53. The van der Waals surface area contributed by atoms with Gasteiger partial charge in [-0.3, -0.25) is 29.2 Å². The molecule has 3 aromatic rings. The molecular weight excluding hydrogens is 925 g/mol. The fourth-order valence-corrected chi connectivity index (χ4v) is 9.55. The van der Waals surface area contributed by atoms with Gasteiger partial charge in [0.25, 0.3) is 0 Å². The Morgan fingerprint density at radius 3 is 1.59 bits per heavy atom. The molecule has 3 aromatic carbocycles. The van der Waals surface area contributed by atoms with Crippen molar-refractivity contribution in [2.24, 2.45) is 33.7 Å². The smallest absolute Gasteiger partial charge is 0.306 e. The number of hydrogen-bond acceptors (Lipinski definition) is 11. The predicted octanol–water partition coefficient (Wildman–Crippen LogP) is 7.59. The molecule has 0 saturated carbocycles. The molecule has 0 bridgehead atoms. The predicted molar refractivity (Wildman–Crippen MR) is 262 cm³/mol. The summed E-state index contributed by atoms with van der Waals surface area (Å²) in [7, 11) is -0.850. The van der Waals surface area contributed by atoms with Crippen LogP contribution in [-0.2, 0) is 38.7 Å². The van der Waals surface area contributed by atoms with Crippen LogP contribution in [0.5, 0.6) is 0 Å². The molecule has 4 aliphatic heterocycles. The van der Waals surface area contributed by atoms with Crippen molar-refractivity contribution in [3.8, 4) is 0 Å². The van der Waals surface area contributed by atoms with Gasteiger partial charge < -0.3 is 24.2 Å². The molecule has 4 heterocycles. The van der Waals surface area contributed by atoms with Gasteiger partial charge in [0.1, 0.15) is 0 Å². The summed E-state index contributed by atoms with van der Waals surface area (Å²) in [5, 5.41) is 0. The highest BCUT2D eigenvalue weighted by molar-refractivity contribution is 9.10. The summed E-state index contributed by atoms with van der Waals surface area (Å²) >= 11 is 3.42. The zero-order valence-corrected chi connectivity index (χ0v) is 41.4. The number of amides is 2. The molecule has 0 radical (unpaired) electrons. The molecule has 0 aliphatic carbocycles. The first kappa shape index (κ1) is 50.0. The molecule has 0 unspecified atom stereocenters. The number of ether oxygens (including phenoxy) is 2. The van der Waals surface area contributed by atoms with Crippen LogP contribution >= 0.6 is 15.9 Å². The highest BCUT2D eigenvalue weighted by Gasteiger charge is 2.44. The number of rotatable bonds is 14. The molecular formula is C50H61BrN6O8S. The van der Waals surface area contributed by atoms with Gasteiger partial charge in [-0.25, -0.2) is 8.42 Å². The lowest BCUT2D eigenvalue weighted by atomic mass is 9.90. The Morgan fingerprint density at radius 2 is 1.14 bits per heavy atom. The monoisotopic (exact) mass is 984 g/mol. The zero-order chi connectivity index (χ0) is 47.9. The maximum atomic E-state index is 13.8. The van der Waals surface area contributed by atoms with E-state index in [0.29, 0.717) is 26.1 Å². The van der Waals surface area contributed by atoms with Crippen molar-refractivity contribution in [1.82, 2.24) is 14.1 Å². The van der Waals surface area contributed by atoms with Crippen LogP contribution in [0.15, 0.2) is 105 Å². The summed E-state index contributed by atoms with van der Waals surface area (Å²) < 4.78 is 36.4. The maximum absolute atomic E-state index is 13.8. The summed E-state index contributed by atoms with van der Waals surface area (Å²) in [4.78, 5) is 66.6. The number of aryl methyl sites for hydroxylation is 1. The first-order valence-corrected chi connectivity index (χ1v) is 24.9. The average molecular weight is 986 g/mol. The lowest BCUT2D eigenvalue weighted by Crippen LogP contribution is -2.46. The number of anilines is 1. The largest absolute Gasteiger partial charge is 0.469 e. The first-order chi connectivity index (χ1) is 31.4. The number of aliphatic imine (C=N–C) groups is 2. The van der Waals surface area contributed by atoms with E-state index in [1.807, 2.05) is 81.1 Å². The van der Waals surface area contributed by atoms with Crippen LogP contribution in [0.1, 0.15) is 70.1 Å². The number of sulfonamides is 1. The number of carbonyl (C=O) groups excluding carboxylic acids is 4. The molecule has 2 amide bonds. The number of esters is 2. The van der Waals surface area contributed by atoms with Crippen molar-refractivity contribution in [2.45, 2.75) is 72.4 Å². The van der Waals surface area contributed by atoms with Crippen LogP contribution in [0.3, 0.4) is 0 Å². The molecule has 4 aliphatic rings. The number of benzene rings is 3. The fourth-order valence-electron chi connectivity index (χ4n) is 8.54. The number of halogens is 1. The van der Waals surface area contributed by atoms with Crippen LogP contribution in [0, 0.1) is 30.6 Å². The zero-order valence-electron chi connectivity index (χ0n) is 39.0. The van der Waals surface area contributed by atoms with Crippen molar-refractivity contribution in [3.05, 3.63) is 112 Å². The number of nitrogens with zero attached hydrogens (tertiary/aromatic N) is 6. The van der Waals surface area contributed by atoms with E-state index in [4.69, 9.17) is 19.5 Å². The van der Waals surface area contributed by atoms with E-state index in [1.165, 1.54) is 24.1 Å². The van der Waals surface area contributed by atoms with E-state index in [0.717, 1.165) is 50.4 Å². The molecule has 4 atom stereocenters. The Bertz CT molecular complexity index is 2490. The van der Waals surface area contributed by atoms with Gasteiger partial charge in [0, 0.05) is 47.5 Å². The van der Waals surface area contributed by atoms with Gasteiger partial charge in [0.15, 0.2) is 0 Å². The van der Waals surface area contributed by atoms with Crippen molar-refractivity contribution >= 4 is 78.2 Å². The van der Waals surface area contributed by atoms with E-state index >= 15 is 0 Å². The Balaban J connectivity index is 0.000000219. The minimum Gasteiger partial charge on any atom is -0.469 e. The third-order valence-corrected chi connectivity index (χ3v) is 14.3. The molecule has 2 saturated heterocycles. The highest BCUT2D eigenvalue weighted by atomic mass is 79.9. The summed E-state index contributed by atoms with van der Waals surface area (Å²) in [6, 6.07) is 25.6. The second-order valence-corrected chi connectivity index (χ2v) is 20.7. The number of methoxy groups -OCH3 is 2. The standard InChI is InChI=1S/C28H33N3O3.C22H28BrN3O5S/c1-19(2)23(16-27(32)34-4)28(33)31-18-30(22-8-6-5-7-9-22)17-26(31)25-15-14-24(29-25)21-12-10-20(3)11-13-21;1-14(2)17(11-21(27)31-3)22(28)26-13-25(32(4,29)30)12-20(26)19-10-9-18(24-19)15-5-7-16(23)8-6-15/h5-14,19,23,26H,15-18H2,1-4H3;5-9,14,17,20H,10-13H2,1-4H3/t23-,26-;17-,20-/m00/s1. The van der Waals surface area contributed by atoms with Gasteiger partial charge >= 0.3 is 11.9 Å². The fraction of sp³-hybridized carbons (Fsp3) is 0.440. The highest BCUT2D eigenvalue weighted by Crippen LogP contribution is 2.33. The van der Waals surface area contributed by atoms with Crippen molar-refractivity contribution < 1.29 is 37.1 Å². The van der Waals surface area contributed by atoms with Gasteiger partial charge in [-0.05, 0) is 54.2 Å². The Hall–Kier alpha value is -5.45. The number of hydrogen-bond donors (Lipinski definition) is 0. The molecule has 0 spiro atoms. The lowest BCUT2D eigenvalue weighted by Gasteiger charge is -2.29. The summed E-state index contributed by atoms with van der Waals surface area (Å²) in [5.41, 5.74) is 7.80. The molecule has 7 rings (SSSR count). The Morgan fingerprint density at radius 1 is 0.682 bits per heavy atom. The minimum absolute atomic E-state index is 0.0182. The molecule has 2 fully saturated rings. The SMILES string of the molecule is COC(=O)C[C@H](C(=O)N1CN(S(C)(=O)=O)C[C@H]1C1=NC(c2ccc(Br)cc2)=CC1)C(C)C.COC(=O)C[C@H](C(=O)N1CN(c2ccccc2)C[C@H]1C1=NC(c2ccc(C)cc2)=CC1)C(C)C. The average Bonchev–Trinajstić information content (AvgIpc) is 4.14. The Labute approximate surface area is 397 Å². The van der Waals surface area contributed by atoms with E-state index in [2.05, 4.69) is 70.2 Å². The summed E-state index contributed by atoms with van der Waals surface area (Å²) in [6.45, 7) is 11.0. The van der Waals surface area contributed by atoms with E-state index in [1.54, 1.807) is 4.90 Å². The lowest BCUT2D eigenvalue weighted by molar-refractivity contribution is -0.148. The van der Waals surface area contributed by atoms with Crippen LogP contribution in [0.25, 0.3) is 11.4 Å². The molecule has 0 aromatic heterocycles. The molecule has 16 heteroatoms. The normalized spacial score (nSPS) is 19.5. The minimum atomic E-state index is -3.50. The molecule has 0 N–H and O–H groups in total. The van der Waals surface area contributed by atoms with Crippen LogP contribution in [-0.4, -0.2) is 117 Å². The third-order valence-electron chi connectivity index (χ3n) is 12.6. The first-order valence-electron chi connectivity index (χ1n) is 22.3. The van der Waals surface area contributed by atoms with Gasteiger partial charge in [0.05, 0.1) is 82.0 Å². The maximum Gasteiger partial charge on any atom is 0.306 e. The quantitative estimate of drug-likeness (QED) is 0.149. The van der Waals surface area contributed by atoms with Crippen molar-refractivity contribution in [1.29, 1.82) is 0 Å². The molecule has 14 nitrogen and oxygen atoms in total. The number of allylic oxidation sites excluding steroid dienone is 2. The van der Waals surface area contributed by atoms with Gasteiger partial charge in [0.2, 0.25) is 21.8 Å². The number of para-hydroxylation sites is 1.